The van der Waals surface area contributed by atoms with Crippen molar-refractivity contribution in [2.24, 2.45) is 0 Å². The molecule has 0 saturated carbocycles. The van der Waals surface area contributed by atoms with Crippen LogP contribution in [0.25, 0.3) is 0 Å². The Bertz CT molecular complexity index is 1040. The van der Waals surface area contributed by atoms with Crippen molar-refractivity contribution in [3.05, 3.63) is 86.6 Å². The second-order valence-corrected chi connectivity index (χ2v) is 8.03. The Labute approximate surface area is 181 Å². The van der Waals surface area contributed by atoms with E-state index in [9.17, 15) is 19.7 Å². The fourth-order valence-corrected chi connectivity index (χ4v) is 3.78. The van der Waals surface area contributed by atoms with Crippen molar-refractivity contribution < 1.29 is 19.2 Å². The highest BCUT2D eigenvalue weighted by Gasteiger charge is 2.37. The van der Waals surface area contributed by atoms with Crippen molar-refractivity contribution in [1.29, 1.82) is 0 Å². The van der Waals surface area contributed by atoms with Gasteiger partial charge in [-0.1, -0.05) is 42.0 Å². The largest absolute Gasteiger partial charge is 0.460 e. The topological polar surface area (TPSA) is 89.8 Å². The van der Waals surface area contributed by atoms with Gasteiger partial charge in [0.05, 0.1) is 23.1 Å². The van der Waals surface area contributed by atoms with E-state index < -0.39 is 16.8 Å². The molecule has 0 N–H and O–H groups in total. The molecule has 2 aromatic carbocycles. The summed E-state index contributed by atoms with van der Waals surface area (Å²) in [6.07, 6.45) is -0.174. The van der Waals surface area contributed by atoms with Gasteiger partial charge in [-0.2, -0.15) is 0 Å². The summed E-state index contributed by atoms with van der Waals surface area (Å²) < 4.78 is 5.50. The average Bonchev–Trinajstić information content (AvgIpc) is 2.70. The molecule has 0 bridgehead atoms. The van der Waals surface area contributed by atoms with Gasteiger partial charge in [0.1, 0.15) is 0 Å². The Kier molecular flexibility index (Phi) is 6.53. The van der Waals surface area contributed by atoms with E-state index >= 15 is 0 Å². The number of aryl methyl sites for hydroxylation is 1. The van der Waals surface area contributed by atoms with Gasteiger partial charge in [-0.05, 0) is 38.8 Å². The lowest BCUT2D eigenvalue weighted by Gasteiger charge is -2.34. The van der Waals surface area contributed by atoms with Crippen molar-refractivity contribution in [3.63, 3.8) is 0 Å². The van der Waals surface area contributed by atoms with Crippen molar-refractivity contribution in [2.75, 3.05) is 0 Å². The van der Waals surface area contributed by atoms with Gasteiger partial charge >= 0.3 is 5.97 Å². The number of benzene rings is 2. The summed E-state index contributed by atoms with van der Waals surface area (Å²) in [5.41, 5.74) is 3.50. The van der Waals surface area contributed by atoms with E-state index in [1.165, 1.54) is 17.0 Å². The summed E-state index contributed by atoms with van der Waals surface area (Å²) in [4.78, 5) is 38.2. The zero-order valence-electron chi connectivity index (χ0n) is 18.1. The van der Waals surface area contributed by atoms with E-state index in [1.54, 1.807) is 32.9 Å². The minimum atomic E-state index is -0.469. The quantitative estimate of drug-likeness (QED) is 0.384. The van der Waals surface area contributed by atoms with Crippen molar-refractivity contribution in [3.8, 4) is 0 Å². The van der Waals surface area contributed by atoms with Crippen LogP contribution in [0, 0.1) is 17.0 Å². The first-order valence-corrected chi connectivity index (χ1v) is 10.2. The zero-order valence-corrected chi connectivity index (χ0v) is 18.1. The molecule has 1 heterocycles. The molecule has 2 aromatic rings. The second kappa shape index (κ2) is 9.12. The number of esters is 1. The lowest BCUT2D eigenvalue weighted by Crippen LogP contribution is -2.38. The Morgan fingerprint density at radius 1 is 1.19 bits per heavy atom. The summed E-state index contributed by atoms with van der Waals surface area (Å²) in [7, 11) is 0. The molecular formula is C24H26N2O5. The number of carbonyl (C=O) groups is 2. The molecule has 0 aliphatic carbocycles. The lowest BCUT2D eigenvalue weighted by molar-refractivity contribution is -0.384. The van der Waals surface area contributed by atoms with Crippen LogP contribution < -0.4 is 0 Å². The molecule has 7 heteroatoms. The summed E-state index contributed by atoms with van der Waals surface area (Å²) in [6.45, 7) is 7.41. The van der Waals surface area contributed by atoms with Gasteiger partial charge in [-0.3, -0.25) is 14.9 Å². The highest BCUT2D eigenvalue weighted by Crippen LogP contribution is 2.38. The first-order valence-electron chi connectivity index (χ1n) is 10.2. The van der Waals surface area contributed by atoms with Gasteiger partial charge < -0.3 is 9.64 Å². The van der Waals surface area contributed by atoms with E-state index in [4.69, 9.17) is 4.74 Å². The Balaban J connectivity index is 2.02. The predicted molar refractivity (Wildman–Crippen MR) is 116 cm³/mol. The highest BCUT2D eigenvalue weighted by atomic mass is 16.6. The standard InChI is InChI=1S/C24H26N2O5/c1-15(2)31-24(28)23-17(4)25(14-18-6-5-7-20(12-18)26(29)30)22(27)13-21(23)19-10-8-16(3)9-11-19/h5-12,15,21H,13-14H2,1-4H3/t21-/m0/s1. The fraction of sp³-hybridized carbons (Fsp3) is 0.333. The fourth-order valence-electron chi connectivity index (χ4n) is 3.78. The van der Waals surface area contributed by atoms with Crippen LogP contribution in [0.5, 0.6) is 0 Å². The molecule has 0 radical (unpaired) electrons. The van der Waals surface area contributed by atoms with Crippen molar-refractivity contribution in [1.82, 2.24) is 4.90 Å². The maximum absolute atomic E-state index is 13.1. The number of carbonyl (C=O) groups excluding carboxylic acids is 2. The van der Waals surface area contributed by atoms with Crippen LogP contribution in [-0.2, 0) is 20.9 Å². The third-order valence-electron chi connectivity index (χ3n) is 5.33. The van der Waals surface area contributed by atoms with Crippen LogP contribution in [0.15, 0.2) is 59.8 Å². The predicted octanol–water partition coefficient (Wildman–Crippen LogP) is 4.64. The second-order valence-electron chi connectivity index (χ2n) is 8.03. The van der Waals surface area contributed by atoms with E-state index in [-0.39, 0.29) is 30.7 Å². The molecular weight excluding hydrogens is 396 g/mol. The molecule has 3 rings (SSSR count). The van der Waals surface area contributed by atoms with Gasteiger partial charge in [0.2, 0.25) is 5.91 Å². The SMILES string of the molecule is CC1=C(C(=O)OC(C)C)[C@H](c2ccc(C)cc2)CC(=O)N1Cc1cccc([N+](=O)[O-])c1. The molecule has 162 valence electrons. The van der Waals surface area contributed by atoms with Crippen molar-refractivity contribution in [2.45, 2.75) is 52.7 Å². The molecule has 0 aromatic heterocycles. The minimum Gasteiger partial charge on any atom is -0.460 e. The lowest BCUT2D eigenvalue weighted by atomic mass is 9.83. The number of hydrogen-bond acceptors (Lipinski definition) is 5. The van der Waals surface area contributed by atoms with E-state index in [2.05, 4.69) is 0 Å². The monoisotopic (exact) mass is 422 g/mol. The molecule has 1 amide bonds. The van der Waals surface area contributed by atoms with Gasteiger partial charge in [-0.15, -0.1) is 0 Å². The average molecular weight is 422 g/mol. The van der Waals surface area contributed by atoms with Crippen LogP contribution >= 0.6 is 0 Å². The number of nitrogens with zero attached hydrogens (tertiary/aromatic N) is 2. The summed E-state index contributed by atoms with van der Waals surface area (Å²) in [5.74, 6) is -0.994. The maximum atomic E-state index is 13.1. The van der Waals surface area contributed by atoms with Gasteiger partial charge in [0.15, 0.2) is 0 Å². The van der Waals surface area contributed by atoms with Crippen LogP contribution in [-0.4, -0.2) is 27.8 Å². The summed E-state index contributed by atoms with van der Waals surface area (Å²) >= 11 is 0. The van der Waals surface area contributed by atoms with Crippen LogP contribution in [0.1, 0.15) is 49.8 Å². The van der Waals surface area contributed by atoms with E-state index in [0.717, 1.165) is 11.1 Å². The number of allylic oxidation sites excluding steroid dienone is 1. The van der Waals surface area contributed by atoms with Crippen LogP contribution in [0.4, 0.5) is 5.69 Å². The Morgan fingerprint density at radius 3 is 2.48 bits per heavy atom. The van der Waals surface area contributed by atoms with E-state index in [1.807, 2.05) is 31.2 Å². The molecule has 1 aliphatic rings. The highest BCUT2D eigenvalue weighted by molar-refractivity contribution is 5.96. The molecule has 1 atom stereocenters. The minimum absolute atomic E-state index is 0.0411. The smallest absolute Gasteiger partial charge is 0.336 e. The number of rotatable bonds is 6. The number of non-ortho nitro benzene ring substituents is 1. The molecule has 0 unspecified atom stereocenters. The number of nitro benzene ring substituents is 1. The van der Waals surface area contributed by atoms with E-state index in [0.29, 0.717) is 16.8 Å². The molecule has 31 heavy (non-hydrogen) atoms. The first-order chi connectivity index (χ1) is 14.7. The third kappa shape index (κ3) is 4.99. The van der Waals surface area contributed by atoms with Crippen LogP contribution in [0.2, 0.25) is 0 Å². The third-order valence-corrected chi connectivity index (χ3v) is 5.33. The Hall–Kier alpha value is -3.48. The number of amides is 1. The Morgan fingerprint density at radius 2 is 1.87 bits per heavy atom. The normalized spacial score (nSPS) is 16.6. The number of nitro groups is 1. The molecule has 7 nitrogen and oxygen atoms in total. The van der Waals surface area contributed by atoms with Crippen LogP contribution in [0.3, 0.4) is 0 Å². The number of hydrogen-bond donors (Lipinski definition) is 0. The summed E-state index contributed by atoms with van der Waals surface area (Å²) in [5, 5.41) is 11.1. The van der Waals surface area contributed by atoms with Crippen molar-refractivity contribution >= 4 is 17.6 Å². The number of ether oxygens (including phenoxy) is 1. The molecule has 0 saturated heterocycles. The van der Waals surface area contributed by atoms with Gasteiger partial charge in [0, 0.05) is 30.2 Å². The zero-order chi connectivity index (χ0) is 22.7. The molecule has 0 spiro atoms. The molecule has 0 fully saturated rings. The summed E-state index contributed by atoms with van der Waals surface area (Å²) in [6, 6.07) is 13.9. The van der Waals surface area contributed by atoms with Gasteiger partial charge in [0.25, 0.3) is 5.69 Å². The van der Waals surface area contributed by atoms with Gasteiger partial charge in [-0.25, -0.2) is 4.79 Å². The first kappa shape index (κ1) is 22.2. The molecule has 1 aliphatic heterocycles. The maximum Gasteiger partial charge on any atom is 0.336 e.